The molecule has 0 atom stereocenters. The molecule has 1 aliphatic heterocycles. The van der Waals surface area contributed by atoms with E-state index in [1.165, 1.54) is 5.69 Å². The van der Waals surface area contributed by atoms with Crippen LogP contribution in [0.5, 0.6) is 0 Å². The molecule has 0 spiro atoms. The number of aromatic nitrogens is 6. The van der Waals surface area contributed by atoms with Gasteiger partial charge in [-0.1, -0.05) is 18.2 Å². The summed E-state index contributed by atoms with van der Waals surface area (Å²) in [5, 5.41) is 8.76. The topological polar surface area (TPSA) is 92.5 Å². The van der Waals surface area contributed by atoms with Crippen LogP contribution in [0.2, 0.25) is 0 Å². The van der Waals surface area contributed by atoms with Crippen molar-refractivity contribution in [3.05, 3.63) is 60.7 Å². The Hall–Kier alpha value is -4.17. The minimum absolute atomic E-state index is 0.602. The van der Waals surface area contributed by atoms with E-state index < -0.39 is 0 Å². The molecule has 3 aromatic carbocycles. The molecule has 36 heavy (non-hydrogen) atoms. The number of imidazole rings is 2. The first kappa shape index (κ1) is 21.1. The minimum atomic E-state index is 0.602. The quantitative estimate of drug-likeness (QED) is 0.326. The maximum absolute atomic E-state index is 4.94. The molecule has 7 rings (SSSR count). The van der Waals surface area contributed by atoms with E-state index in [2.05, 4.69) is 80.2 Å². The summed E-state index contributed by atoms with van der Waals surface area (Å²) in [6, 6.07) is 21.4. The fourth-order valence-corrected chi connectivity index (χ4v) is 5.24. The highest BCUT2D eigenvalue weighted by atomic mass is 15.3. The van der Waals surface area contributed by atoms with Gasteiger partial charge in [0, 0.05) is 48.9 Å². The summed E-state index contributed by atoms with van der Waals surface area (Å²) in [4.78, 5) is 21.5. The second-order valence-electron chi connectivity index (χ2n) is 9.84. The smallest absolute Gasteiger partial charge is 0.159 e. The average molecular weight is 477 g/mol. The number of nitrogens with zero attached hydrogens (tertiary/aromatic N) is 5. The maximum atomic E-state index is 4.94. The average Bonchev–Trinajstić information content (AvgIpc) is 3.63. The summed E-state index contributed by atoms with van der Waals surface area (Å²) in [6.07, 6.45) is 0. The Morgan fingerprint density at radius 2 is 1.53 bits per heavy atom. The summed E-state index contributed by atoms with van der Waals surface area (Å²) in [6.45, 7) is 8.83. The number of anilines is 1. The van der Waals surface area contributed by atoms with E-state index in [1.54, 1.807) is 0 Å². The summed E-state index contributed by atoms with van der Waals surface area (Å²) in [7, 11) is 0. The molecule has 180 valence electrons. The fraction of sp³-hybridized carbons (Fsp3) is 0.250. The molecule has 6 aromatic rings. The van der Waals surface area contributed by atoms with Crippen LogP contribution < -0.4 is 4.90 Å². The largest absolute Gasteiger partial charge is 0.369 e. The Morgan fingerprint density at radius 3 is 2.36 bits per heavy atom. The van der Waals surface area contributed by atoms with Gasteiger partial charge in [-0.3, -0.25) is 10.00 Å². The van der Waals surface area contributed by atoms with Gasteiger partial charge < -0.3 is 14.9 Å². The standard InChI is InChI=1S/C28H28N8/c1-17(2)35-11-13-36(14-12-35)19-8-10-23-25(16-19)32-27(29-23)18-7-9-20-24(15-18)33-34-26(20)28-30-21-5-3-4-6-22(21)31-28/h3-10,15-17H,11-14H2,1-2H3,(H,29,32)(H,30,31)(H,33,34). The third kappa shape index (κ3) is 3.53. The number of hydrogen-bond acceptors (Lipinski definition) is 5. The summed E-state index contributed by atoms with van der Waals surface area (Å²) in [5.74, 6) is 1.62. The zero-order valence-electron chi connectivity index (χ0n) is 20.4. The van der Waals surface area contributed by atoms with Crippen LogP contribution in [0.4, 0.5) is 5.69 Å². The van der Waals surface area contributed by atoms with Crippen LogP contribution in [0, 0.1) is 0 Å². The van der Waals surface area contributed by atoms with Crippen LogP contribution in [0.15, 0.2) is 60.7 Å². The monoisotopic (exact) mass is 476 g/mol. The molecule has 4 heterocycles. The molecule has 1 saturated heterocycles. The Balaban J connectivity index is 1.18. The van der Waals surface area contributed by atoms with E-state index in [1.807, 2.05) is 24.3 Å². The van der Waals surface area contributed by atoms with Gasteiger partial charge in [0.2, 0.25) is 0 Å². The number of fused-ring (bicyclic) bond motifs is 3. The zero-order valence-corrected chi connectivity index (χ0v) is 20.4. The van der Waals surface area contributed by atoms with Crippen molar-refractivity contribution in [2.75, 3.05) is 31.1 Å². The molecule has 8 nitrogen and oxygen atoms in total. The zero-order chi connectivity index (χ0) is 24.2. The fourth-order valence-electron chi connectivity index (χ4n) is 5.24. The second kappa shape index (κ2) is 8.20. The van der Waals surface area contributed by atoms with Crippen LogP contribution in [-0.4, -0.2) is 67.3 Å². The highest BCUT2D eigenvalue weighted by Crippen LogP contribution is 2.30. The van der Waals surface area contributed by atoms with Gasteiger partial charge in [-0.15, -0.1) is 0 Å². The minimum Gasteiger partial charge on any atom is -0.369 e. The van der Waals surface area contributed by atoms with Gasteiger partial charge in [-0.05, 0) is 56.3 Å². The van der Waals surface area contributed by atoms with Crippen molar-refractivity contribution >= 4 is 38.7 Å². The van der Waals surface area contributed by atoms with E-state index in [4.69, 9.17) is 9.97 Å². The molecule has 3 N–H and O–H groups in total. The highest BCUT2D eigenvalue weighted by Gasteiger charge is 2.20. The Kier molecular flexibility index (Phi) is 4.82. The molecule has 0 radical (unpaired) electrons. The van der Waals surface area contributed by atoms with Gasteiger partial charge in [0.25, 0.3) is 0 Å². The molecule has 1 fully saturated rings. The van der Waals surface area contributed by atoms with Gasteiger partial charge in [0.05, 0.1) is 27.6 Å². The predicted molar refractivity (Wildman–Crippen MR) is 145 cm³/mol. The molecule has 8 heteroatoms. The Bertz CT molecular complexity index is 1660. The summed E-state index contributed by atoms with van der Waals surface area (Å²) in [5.41, 5.74) is 8.00. The molecule has 0 unspecified atom stereocenters. The van der Waals surface area contributed by atoms with Crippen LogP contribution in [0.1, 0.15) is 13.8 Å². The van der Waals surface area contributed by atoms with Crippen molar-refractivity contribution in [1.29, 1.82) is 0 Å². The molecule has 0 saturated carbocycles. The molecule has 1 aliphatic rings. The first-order valence-corrected chi connectivity index (χ1v) is 12.5. The van der Waals surface area contributed by atoms with E-state index in [-0.39, 0.29) is 0 Å². The van der Waals surface area contributed by atoms with Crippen LogP contribution in [0.25, 0.3) is 55.9 Å². The SMILES string of the molecule is CC(C)N1CCN(c2ccc3[nH]c(-c4ccc5c(-c6nc7ccccc7[nH]6)n[nH]c5c4)nc3c2)CC1. The third-order valence-electron chi connectivity index (χ3n) is 7.33. The molecule has 0 amide bonds. The maximum Gasteiger partial charge on any atom is 0.159 e. The molecule has 0 bridgehead atoms. The van der Waals surface area contributed by atoms with Crippen molar-refractivity contribution in [3.8, 4) is 22.9 Å². The number of para-hydroxylation sites is 2. The summed E-state index contributed by atoms with van der Waals surface area (Å²) >= 11 is 0. The number of aromatic amines is 3. The number of rotatable bonds is 4. The lowest BCUT2D eigenvalue weighted by Crippen LogP contribution is -2.48. The molecule has 0 aliphatic carbocycles. The van der Waals surface area contributed by atoms with E-state index in [9.17, 15) is 0 Å². The Labute approximate surface area is 208 Å². The number of benzene rings is 3. The van der Waals surface area contributed by atoms with Gasteiger partial charge in [-0.25, -0.2) is 9.97 Å². The van der Waals surface area contributed by atoms with Gasteiger partial charge in [0.15, 0.2) is 5.82 Å². The third-order valence-corrected chi connectivity index (χ3v) is 7.33. The first-order chi connectivity index (χ1) is 17.6. The number of hydrogen-bond donors (Lipinski definition) is 3. The molecule has 3 aromatic heterocycles. The van der Waals surface area contributed by atoms with Gasteiger partial charge in [-0.2, -0.15) is 5.10 Å². The van der Waals surface area contributed by atoms with Crippen LogP contribution in [0.3, 0.4) is 0 Å². The number of H-pyrrole nitrogens is 3. The van der Waals surface area contributed by atoms with Crippen LogP contribution in [-0.2, 0) is 0 Å². The lowest BCUT2D eigenvalue weighted by Gasteiger charge is -2.38. The lowest BCUT2D eigenvalue weighted by molar-refractivity contribution is 0.209. The van der Waals surface area contributed by atoms with Crippen molar-refractivity contribution in [2.45, 2.75) is 19.9 Å². The van der Waals surface area contributed by atoms with Crippen molar-refractivity contribution in [1.82, 2.24) is 35.0 Å². The normalized spacial score (nSPS) is 15.1. The van der Waals surface area contributed by atoms with E-state index in [0.717, 1.165) is 82.1 Å². The Morgan fingerprint density at radius 1 is 0.750 bits per heavy atom. The first-order valence-electron chi connectivity index (χ1n) is 12.5. The molecular formula is C28H28N8. The van der Waals surface area contributed by atoms with Gasteiger partial charge >= 0.3 is 0 Å². The van der Waals surface area contributed by atoms with E-state index >= 15 is 0 Å². The summed E-state index contributed by atoms with van der Waals surface area (Å²) < 4.78 is 0. The van der Waals surface area contributed by atoms with Crippen LogP contribution >= 0.6 is 0 Å². The predicted octanol–water partition coefficient (Wildman–Crippen LogP) is 5.18. The van der Waals surface area contributed by atoms with Crippen molar-refractivity contribution in [3.63, 3.8) is 0 Å². The second-order valence-corrected chi connectivity index (χ2v) is 9.84. The molecular weight excluding hydrogens is 448 g/mol. The van der Waals surface area contributed by atoms with Gasteiger partial charge in [0.1, 0.15) is 11.5 Å². The number of piperazine rings is 1. The lowest BCUT2D eigenvalue weighted by atomic mass is 10.1. The van der Waals surface area contributed by atoms with E-state index in [0.29, 0.717) is 6.04 Å². The van der Waals surface area contributed by atoms with Crippen molar-refractivity contribution < 1.29 is 0 Å². The number of nitrogens with one attached hydrogen (secondary N) is 3. The van der Waals surface area contributed by atoms with Crippen molar-refractivity contribution in [2.24, 2.45) is 0 Å². The highest BCUT2D eigenvalue weighted by molar-refractivity contribution is 5.95.